The number of rotatable bonds is 4. The molecule has 1 amide bonds. The van der Waals surface area contributed by atoms with Gasteiger partial charge >= 0.3 is 0 Å². The molecular weight excluding hydrogens is 260 g/mol. The molecule has 1 saturated heterocycles. The van der Waals surface area contributed by atoms with Crippen LogP contribution in [-0.2, 0) is 4.79 Å². The van der Waals surface area contributed by atoms with Crippen LogP contribution in [0.5, 0.6) is 0 Å². The summed E-state index contributed by atoms with van der Waals surface area (Å²) in [6.07, 6.45) is 7.73. The van der Waals surface area contributed by atoms with Gasteiger partial charge in [-0.2, -0.15) is 11.8 Å². The van der Waals surface area contributed by atoms with Gasteiger partial charge in [0.2, 0.25) is 5.91 Å². The number of hydrogen-bond donors (Lipinski definition) is 2. The first-order chi connectivity index (χ1) is 9.07. The van der Waals surface area contributed by atoms with E-state index in [2.05, 4.69) is 0 Å². The second kappa shape index (κ2) is 6.46. The van der Waals surface area contributed by atoms with Gasteiger partial charge in [-0.05, 0) is 37.7 Å². The largest absolute Gasteiger partial charge is 0.389 e. The highest BCUT2D eigenvalue weighted by Gasteiger charge is 2.44. The van der Waals surface area contributed by atoms with Gasteiger partial charge in [-0.15, -0.1) is 0 Å². The Balaban J connectivity index is 1.91. The quantitative estimate of drug-likeness (QED) is 0.815. The molecule has 0 spiro atoms. The minimum atomic E-state index is -0.515. The standard InChI is InChI=1S/C14H26N2O2S/c1-19-9-5-12(15)13(17)16-8-7-14(18)6-3-2-4-11(14)10-16/h11-12,18H,2-10,15H2,1H3/t11?,12-,14?/m1/s1. The van der Waals surface area contributed by atoms with Gasteiger partial charge in [-0.1, -0.05) is 12.8 Å². The summed E-state index contributed by atoms with van der Waals surface area (Å²) in [6, 6.07) is -0.373. The normalized spacial score (nSPS) is 32.8. The van der Waals surface area contributed by atoms with Gasteiger partial charge in [0.15, 0.2) is 0 Å². The fourth-order valence-corrected chi connectivity index (χ4v) is 3.86. The number of nitrogens with zero attached hydrogens (tertiary/aromatic N) is 1. The summed E-state index contributed by atoms with van der Waals surface area (Å²) in [5.41, 5.74) is 5.45. The van der Waals surface area contributed by atoms with E-state index in [4.69, 9.17) is 5.73 Å². The predicted molar refractivity (Wildman–Crippen MR) is 79.1 cm³/mol. The minimum absolute atomic E-state index is 0.0710. The number of fused-ring (bicyclic) bond motifs is 1. The lowest BCUT2D eigenvalue weighted by Gasteiger charge is -2.47. The smallest absolute Gasteiger partial charge is 0.239 e. The van der Waals surface area contributed by atoms with Crippen molar-refractivity contribution in [1.82, 2.24) is 4.90 Å². The molecule has 19 heavy (non-hydrogen) atoms. The summed E-state index contributed by atoms with van der Waals surface area (Å²) in [6.45, 7) is 1.36. The Morgan fingerprint density at radius 1 is 1.53 bits per heavy atom. The zero-order chi connectivity index (χ0) is 13.9. The van der Waals surface area contributed by atoms with Crippen LogP contribution in [0.25, 0.3) is 0 Å². The van der Waals surface area contributed by atoms with Crippen LogP contribution < -0.4 is 5.73 Å². The first-order valence-electron chi connectivity index (χ1n) is 7.32. The van der Waals surface area contributed by atoms with Crippen molar-refractivity contribution in [2.75, 3.05) is 25.1 Å². The summed E-state index contributed by atoms with van der Waals surface area (Å²) in [4.78, 5) is 14.2. The van der Waals surface area contributed by atoms with E-state index in [9.17, 15) is 9.90 Å². The van der Waals surface area contributed by atoms with Crippen LogP contribution >= 0.6 is 11.8 Å². The SMILES string of the molecule is CSCC[C@@H](N)C(=O)N1CCC2(O)CCCCC2C1. The number of likely N-dealkylation sites (tertiary alicyclic amines) is 1. The van der Waals surface area contributed by atoms with Crippen LogP contribution in [-0.4, -0.2) is 52.7 Å². The van der Waals surface area contributed by atoms with Crippen molar-refractivity contribution in [3.63, 3.8) is 0 Å². The Bertz CT molecular complexity index is 327. The molecule has 0 bridgehead atoms. The highest BCUT2D eigenvalue weighted by Crippen LogP contribution is 2.39. The van der Waals surface area contributed by atoms with E-state index in [1.807, 2.05) is 11.2 Å². The fraction of sp³-hybridized carbons (Fsp3) is 0.929. The number of nitrogens with two attached hydrogens (primary N) is 1. The van der Waals surface area contributed by atoms with Crippen LogP contribution in [0.15, 0.2) is 0 Å². The van der Waals surface area contributed by atoms with Gasteiger partial charge in [0.1, 0.15) is 0 Å². The molecule has 4 nitrogen and oxygen atoms in total. The number of piperidine rings is 1. The number of aliphatic hydroxyl groups is 1. The maximum Gasteiger partial charge on any atom is 0.239 e. The maximum atomic E-state index is 12.3. The predicted octanol–water partition coefficient (Wildman–Crippen LogP) is 1.22. The molecular formula is C14H26N2O2S. The Labute approximate surface area is 120 Å². The number of thioether (sulfide) groups is 1. The average Bonchev–Trinajstić information content (AvgIpc) is 2.42. The first kappa shape index (κ1) is 15.1. The third kappa shape index (κ3) is 3.44. The minimum Gasteiger partial charge on any atom is -0.389 e. The zero-order valence-corrected chi connectivity index (χ0v) is 12.6. The van der Waals surface area contributed by atoms with Crippen molar-refractivity contribution in [2.45, 2.75) is 50.2 Å². The Kier molecular flexibility index (Phi) is 5.15. The van der Waals surface area contributed by atoms with E-state index in [1.54, 1.807) is 11.8 Å². The van der Waals surface area contributed by atoms with Gasteiger partial charge in [0.25, 0.3) is 0 Å². The molecule has 0 aromatic heterocycles. The fourth-order valence-electron chi connectivity index (χ4n) is 3.37. The van der Waals surface area contributed by atoms with Crippen LogP contribution in [0.2, 0.25) is 0 Å². The Hall–Kier alpha value is -0.260. The second-order valence-electron chi connectivity index (χ2n) is 5.97. The maximum absolute atomic E-state index is 12.3. The number of carbonyl (C=O) groups excluding carboxylic acids is 1. The monoisotopic (exact) mass is 286 g/mol. The van der Waals surface area contributed by atoms with E-state index in [-0.39, 0.29) is 17.9 Å². The molecule has 0 radical (unpaired) electrons. The van der Waals surface area contributed by atoms with Crippen LogP contribution in [0, 0.1) is 5.92 Å². The lowest BCUT2D eigenvalue weighted by molar-refractivity contribution is -0.144. The molecule has 2 aliphatic rings. The lowest BCUT2D eigenvalue weighted by atomic mass is 9.71. The number of amides is 1. The van der Waals surface area contributed by atoms with Crippen molar-refractivity contribution < 1.29 is 9.90 Å². The second-order valence-corrected chi connectivity index (χ2v) is 6.95. The van der Waals surface area contributed by atoms with Crippen LogP contribution in [0.1, 0.15) is 38.5 Å². The summed E-state index contributed by atoms with van der Waals surface area (Å²) < 4.78 is 0. The summed E-state index contributed by atoms with van der Waals surface area (Å²) in [5, 5.41) is 10.6. The molecule has 110 valence electrons. The van der Waals surface area contributed by atoms with Crippen molar-refractivity contribution in [2.24, 2.45) is 11.7 Å². The Morgan fingerprint density at radius 2 is 2.32 bits per heavy atom. The van der Waals surface area contributed by atoms with Gasteiger partial charge in [0, 0.05) is 19.0 Å². The van der Waals surface area contributed by atoms with Gasteiger partial charge in [-0.25, -0.2) is 0 Å². The third-order valence-electron chi connectivity index (χ3n) is 4.69. The van der Waals surface area contributed by atoms with Gasteiger partial charge in [-0.3, -0.25) is 4.79 Å². The van der Waals surface area contributed by atoms with Gasteiger partial charge < -0.3 is 15.7 Å². The molecule has 3 atom stereocenters. The van der Waals surface area contributed by atoms with E-state index in [0.29, 0.717) is 13.1 Å². The molecule has 2 fully saturated rings. The third-order valence-corrected chi connectivity index (χ3v) is 5.33. The lowest BCUT2D eigenvalue weighted by Crippen LogP contribution is -2.57. The molecule has 2 rings (SSSR count). The summed E-state index contributed by atoms with van der Waals surface area (Å²) in [5.74, 6) is 1.25. The van der Waals surface area contributed by atoms with E-state index >= 15 is 0 Å². The molecule has 1 aliphatic heterocycles. The number of hydrogen-bond acceptors (Lipinski definition) is 4. The van der Waals surface area contributed by atoms with E-state index in [1.165, 1.54) is 6.42 Å². The van der Waals surface area contributed by atoms with Crippen LogP contribution in [0.3, 0.4) is 0 Å². The van der Waals surface area contributed by atoms with Crippen molar-refractivity contribution in [3.8, 4) is 0 Å². The number of carbonyl (C=O) groups is 1. The van der Waals surface area contributed by atoms with Crippen LogP contribution in [0.4, 0.5) is 0 Å². The highest BCUT2D eigenvalue weighted by atomic mass is 32.2. The molecule has 0 aromatic rings. The summed E-state index contributed by atoms with van der Waals surface area (Å²) in [7, 11) is 0. The summed E-state index contributed by atoms with van der Waals surface area (Å²) >= 11 is 1.72. The molecule has 1 heterocycles. The molecule has 2 unspecified atom stereocenters. The average molecular weight is 286 g/mol. The first-order valence-corrected chi connectivity index (χ1v) is 8.72. The highest BCUT2D eigenvalue weighted by molar-refractivity contribution is 7.98. The van der Waals surface area contributed by atoms with E-state index in [0.717, 1.165) is 37.9 Å². The van der Waals surface area contributed by atoms with Crippen molar-refractivity contribution in [1.29, 1.82) is 0 Å². The van der Waals surface area contributed by atoms with E-state index < -0.39 is 5.60 Å². The van der Waals surface area contributed by atoms with Gasteiger partial charge in [0.05, 0.1) is 11.6 Å². The molecule has 3 N–H and O–H groups in total. The topological polar surface area (TPSA) is 66.6 Å². The molecule has 1 aliphatic carbocycles. The molecule has 0 aromatic carbocycles. The van der Waals surface area contributed by atoms with Crippen molar-refractivity contribution >= 4 is 17.7 Å². The molecule has 1 saturated carbocycles. The zero-order valence-electron chi connectivity index (χ0n) is 11.8. The van der Waals surface area contributed by atoms with Crippen molar-refractivity contribution in [3.05, 3.63) is 0 Å². The Morgan fingerprint density at radius 3 is 3.05 bits per heavy atom. The molecule has 5 heteroatoms.